The predicted molar refractivity (Wildman–Crippen MR) is 111 cm³/mol. The number of aliphatic carboxylic acids is 1. The van der Waals surface area contributed by atoms with Gasteiger partial charge in [0.05, 0.1) is 23.3 Å². The first-order valence-electron chi connectivity index (χ1n) is 9.85. The van der Waals surface area contributed by atoms with Crippen molar-refractivity contribution >= 4 is 17.0 Å². The molecule has 4 rings (SSSR count). The molecule has 0 saturated heterocycles. The van der Waals surface area contributed by atoms with E-state index in [1.54, 1.807) is 37.4 Å². The number of aryl methyl sites for hydroxylation is 1. The number of carboxylic acids is 1. The molecule has 0 aliphatic rings. The molecule has 0 radical (unpaired) electrons. The maximum absolute atomic E-state index is 13.8. The number of hydrogen-bond donors (Lipinski definition) is 2. The molecule has 2 N–H and O–H groups in total. The number of fused-ring (bicyclic) bond motifs is 1. The van der Waals surface area contributed by atoms with E-state index in [0.717, 1.165) is 0 Å². The number of ether oxygens (including phenoxy) is 2. The molecule has 0 aromatic carbocycles. The van der Waals surface area contributed by atoms with Crippen LogP contribution in [-0.4, -0.2) is 42.2 Å². The Kier molecular flexibility index (Phi) is 7.60. The van der Waals surface area contributed by atoms with Crippen molar-refractivity contribution in [2.24, 2.45) is 0 Å². The number of hydrogen-bond acceptors (Lipinski definition) is 7. The second-order valence-electron chi connectivity index (χ2n) is 6.75. The van der Waals surface area contributed by atoms with Gasteiger partial charge in [-0.05, 0) is 30.7 Å². The zero-order valence-corrected chi connectivity index (χ0v) is 18.1. The normalized spacial score (nSPS) is 11.5. The minimum absolute atomic E-state index is 0.0173. The molecule has 190 valence electrons. The second-order valence-corrected chi connectivity index (χ2v) is 6.75. The van der Waals surface area contributed by atoms with Crippen molar-refractivity contribution in [1.82, 2.24) is 24.9 Å². The van der Waals surface area contributed by atoms with E-state index in [2.05, 4.69) is 24.9 Å². The highest BCUT2D eigenvalue weighted by Gasteiger charge is 2.39. The van der Waals surface area contributed by atoms with Crippen molar-refractivity contribution in [3.63, 3.8) is 0 Å². The van der Waals surface area contributed by atoms with Gasteiger partial charge >= 0.3 is 24.3 Å². The molecule has 0 saturated carbocycles. The first-order valence-corrected chi connectivity index (χ1v) is 9.85. The van der Waals surface area contributed by atoms with E-state index in [0.29, 0.717) is 5.75 Å². The minimum Gasteiger partial charge on any atom is -0.475 e. The summed E-state index contributed by atoms with van der Waals surface area (Å²) in [6.45, 7) is 1.61. The molecule has 9 nitrogen and oxygen atoms in total. The summed E-state index contributed by atoms with van der Waals surface area (Å²) in [5.74, 6) is -2.48. The molecule has 0 amide bonds. The van der Waals surface area contributed by atoms with Gasteiger partial charge in [-0.2, -0.15) is 36.3 Å². The lowest BCUT2D eigenvalue weighted by Crippen LogP contribution is -2.21. The van der Waals surface area contributed by atoms with E-state index >= 15 is 0 Å². The lowest BCUT2D eigenvalue weighted by atomic mass is 10.1. The Balaban J connectivity index is 0.000000454. The molecule has 4 heterocycles. The van der Waals surface area contributed by atoms with Crippen LogP contribution in [0.1, 0.15) is 18.2 Å². The highest BCUT2D eigenvalue weighted by molar-refractivity contribution is 5.87. The highest BCUT2D eigenvalue weighted by Crippen LogP contribution is 2.42. The van der Waals surface area contributed by atoms with Gasteiger partial charge in [-0.15, -0.1) is 0 Å². The third-order valence-electron chi connectivity index (χ3n) is 4.25. The van der Waals surface area contributed by atoms with Crippen molar-refractivity contribution in [3.05, 3.63) is 60.3 Å². The molecular formula is C21H15F6N5O4. The maximum Gasteiger partial charge on any atom is 0.490 e. The van der Waals surface area contributed by atoms with Crippen LogP contribution in [0.2, 0.25) is 0 Å². The highest BCUT2D eigenvalue weighted by atomic mass is 19.4. The van der Waals surface area contributed by atoms with Gasteiger partial charge in [0.2, 0.25) is 5.88 Å². The van der Waals surface area contributed by atoms with Crippen molar-refractivity contribution in [2.75, 3.05) is 0 Å². The van der Waals surface area contributed by atoms with Gasteiger partial charge in [-0.3, -0.25) is 9.97 Å². The minimum atomic E-state index is -5.08. The molecule has 0 spiro atoms. The van der Waals surface area contributed by atoms with E-state index < -0.39 is 23.9 Å². The molecule has 0 atom stereocenters. The molecule has 0 unspecified atom stereocenters. The number of carboxylic acid groups (broad SMARTS) is 1. The van der Waals surface area contributed by atoms with Crippen molar-refractivity contribution in [3.8, 4) is 23.4 Å². The largest absolute Gasteiger partial charge is 0.490 e. The summed E-state index contributed by atoms with van der Waals surface area (Å²) < 4.78 is 84.3. The van der Waals surface area contributed by atoms with Crippen LogP contribution in [0, 0.1) is 0 Å². The van der Waals surface area contributed by atoms with E-state index in [1.165, 1.54) is 18.6 Å². The van der Waals surface area contributed by atoms with Gasteiger partial charge in [0.15, 0.2) is 0 Å². The van der Waals surface area contributed by atoms with Crippen molar-refractivity contribution in [2.45, 2.75) is 25.7 Å². The predicted octanol–water partition coefficient (Wildman–Crippen LogP) is 5.55. The van der Waals surface area contributed by atoms with Gasteiger partial charge in [-0.25, -0.2) is 4.79 Å². The fourth-order valence-corrected chi connectivity index (χ4v) is 2.82. The molecule has 0 aliphatic carbocycles. The number of pyridine rings is 2. The zero-order valence-electron chi connectivity index (χ0n) is 18.1. The van der Waals surface area contributed by atoms with Crippen LogP contribution in [0.5, 0.6) is 23.4 Å². The number of carbonyl (C=O) groups is 1. The van der Waals surface area contributed by atoms with Gasteiger partial charge in [-0.1, -0.05) is 6.92 Å². The topological polar surface area (TPSA) is 123 Å². The molecule has 0 aliphatic heterocycles. The van der Waals surface area contributed by atoms with E-state index in [9.17, 15) is 26.3 Å². The lowest BCUT2D eigenvalue weighted by Gasteiger charge is -2.11. The van der Waals surface area contributed by atoms with Crippen LogP contribution in [0.25, 0.3) is 11.0 Å². The van der Waals surface area contributed by atoms with E-state index in [4.69, 9.17) is 19.4 Å². The van der Waals surface area contributed by atoms with Gasteiger partial charge in [0.25, 0.3) is 0 Å². The maximum atomic E-state index is 13.8. The summed E-state index contributed by atoms with van der Waals surface area (Å²) in [7, 11) is 0. The number of rotatable bonds is 5. The van der Waals surface area contributed by atoms with Gasteiger partial charge in [0, 0.05) is 18.1 Å². The van der Waals surface area contributed by atoms with Crippen molar-refractivity contribution in [1.29, 1.82) is 0 Å². The molecular weight excluding hydrogens is 500 g/mol. The first-order chi connectivity index (χ1) is 16.9. The zero-order chi connectivity index (χ0) is 26.5. The molecule has 36 heavy (non-hydrogen) atoms. The summed E-state index contributed by atoms with van der Waals surface area (Å²) in [5.41, 5.74) is -0.917. The Morgan fingerprint density at radius 3 is 1.97 bits per heavy atom. The Hall–Kier alpha value is -4.43. The average Bonchev–Trinajstić information content (AvgIpc) is 3.20. The summed E-state index contributed by atoms with van der Waals surface area (Å²) in [6, 6.07) is 6.24. The van der Waals surface area contributed by atoms with Gasteiger partial charge in [0.1, 0.15) is 17.1 Å². The summed E-state index contributed by atoms with van der Waals surface area (Å²) in [6.07, 6.45) is -3.70. The Morgan fingerprint density at radius 1 is 0.972 bits per heavy atom. The molecule has 0 fully saturated rings. The van der Waals surface area contributed by atoms with Crippen LogP contribution in [0.4, 0.5) is 26.3 Å². The monoisotopic (exact) mass is 515 g/mol. The summed E-state index contributed by atoms with van der Waals surface area (Å²) in [4.78, 5) is 27.6. The number of aromatic nitrogens is 5. The standard InChI is InChI=1S/C19H14F3N5O2.C2HF3O2/c1-2-13-15(19(20,21)22)14-16(25-13)26-18(29-12-6-4-8-24-10-12)27-17(14)28-11-5-3-7-23-9-11;3-2(4,5)1(6)7/h3-10H,2H2,1H3,(H,25,26,27);(H,6,7). The molecule has 15 heteroatoms. The van der Waals surface area contributed by atoms with Crippen LogP contribution in [0.3, 0.4) is 0 Å². The number of aromatic amines is 1. The number of halogens is 6. The summed E-state index contributed by atoms with van der Waals surface area (Å²) >= 11 is 0. The quantitative estimate of drug-likeness (QED) is 0.332. The molecule has 4 aromatic heterocycles. The van der Waals surface area contributed by atoms with E-state index in [-0.39, 0.29) is 40.8 Å². The van der Waals surface area contributed by atoms with Crippen molar-refractivity contribution < 1.29 is 45.7 Å². The van der Waals surface area contributed by atoms with Crippen LogP contribution in [0.15, 0.2) is 49.1 Å². The van der Waals surface area contributed by atoms with Crippen LogP contribution < -0.4 is 9.47 Å². The number of nitrogens with zero attached hydrogens (tertiary/aromatic N) is 4. The fraction of sp³-hybridized carbons (Fsp3) is 0.190. The Morgan fingerprint density at radius 2 is 1.53 bits per heavy atom. The number of nitrogens with one attached hydrogen (secondary N) is 1. The van der Waals surface area contributed by atoms with Gasteiger partial charge < -0.3 is 19.6 Å². The number of H-pyrrole nitrogens is 1. The third kappa shape index (κ3) is 6.37. The summed E-state index contributed by atoms with van der Waals surface area (Å²) in [5, 5.41) is 6.86. The Labute approximate surface area is 197 Å². The van der Waals surface area contributed by atoms with Crippen LogP contribution in [-0.2, 0) is 17.4 Å². The van der Waals surface area contributed by atoms with E-state index in [1.807, 2.05) is 0 Å². The molecule has 4 aromatic rings. The fourth-order valence-electron chi connectivity index (χ4n) is 2.82. The number of alkyl halides is 6. The smallest absolute Gasteiger partial charge is 0.475 e. The first kappa shape index (κ1) is 26.2. The lowest BCUT2D eigenvalue weighted by molar-refractivity contribution is -0.192. The third-order valence-corrected chi connectivity index (χ3v) is 4.25. The molecule has 0 bridgehead atoms. The Bertz CT molecular complexity index is 1330. The van der Waals surface area contributed by atoms with Crippen LogP contribution >= 0.6 is 0 Å². The average molecular weight is 515 g/mol. The second kappa shape index (κ2) is 10.5. The SMILES string of the molecule is CCc1[nH]c2nc(Oc3cccnc3)nc(Oc3cccnc3)c2c1C(F)(F)F.O=C(O)C(F)(F)F.